The van der Waals surface area contributed by atoms with Gasteiger partial charge in [-0.25, -0.2) is 0 Å². The molecule has 1 aliphatic rings. The van der Waals surface area contributed by atoms with Crippen LogP contribution in [0.25, 0.3) is 0 Å². The fraction of sp³-hybridized carbons (Fsp3) is 0.545. The van der Waals surface area contributed by atoms with Gasteiger partial charge in [-0.05, 0) is 44.7 Å². The first kappa shape index (κ1) is 20.4. The number of aliphatic imine (C=N–C) groups is 1. The molecule has 1 aromatic carbocycles. The van der Waals surface area contributed by atoms with E-state index in [9.17, 15) is 0 Å². The molecule has 0 radical (unpaired) electrons. The highest BCUT2D eigenvalue weighted by molar-refractivity contribution is 5.80. The van der Waals surface area contributed by atoms with Crippen LogP contribution in [-0.4, -0.2) is 52.9 Å². The highest BCUT2D eigenvalue weighted by Crippen LogP contribution is 2.23. The lowest BCUT2D eigenvalue weighted by molar-refractivity contribution is 0.158. The van der Waals surface area contributed by atoms with Gasteiger partial charge in [-0.3, -0.25) is 14.6 Å². The van der Waals surface area contributed by atoms with Gasteiger partial charge in [0.1, 0.15) is 0 Å². The highest BCUT2D eigenvalue weighted by Gasteiger charge is 2.23. The molecule has 0 amide bonds. The van der Waals surface area contributed by atoms with Gasteiger partial charge in [-0.1, -0.05) is 30.3 Å². The lowest BCUT2D eigenvalue weighted by atomic mass is 10.0. The Labute approximate surface area is 169 Å². The van der Waals surface area contributed by atoms with Crippen molar-refractivity contribution in [1.82, 2.24) is 25.3 Å². The number of likely N-dealkylation sites (tertiary alicyclic amines) is 1. The molecule has 2 heterocycles. The number of rotatable bonds is 7. The summed E-state index contributed by atoms with van der Waals surface area (Å²) >= 11 is 0. The van der Waals surface area contributed by atoms with Gasteiger partial charge in [0.2, 0.25) is 0 Å². The van der Waals surface area contributed by atoms with E-state index in [1.54, 1.807) is 0 Å². The van der Waals surface area contributed by atoms with Crippen LogP contribution >= 0.6 is 0 Å². The summed E-state index contributed by atoms with van der Waals surface area (Å²) in [6.45, 7) is 11.1. The number of nitrogens with one attached hydrogen (secondary N) is 2. The topological polar surface area (TPSA) is 57.5 Å². The zero-order valence-corrected chi connectivity index (χ0v) is 17.4. The third-order valence-electron chi connectivity index (χ3n) is 5.41. The van der Waals surface area contributed by atoms with Crippen molar-refractivity contribution in [3.05, 3.63) is 53.9 Å². The number of hydrogen-bond donors (Lipinski definition) is 2. The molecule has 2 N–H and O–H groups in total. The van der Waals surface area contributed by atoms with E-state index in [1.165, 1.54) is 11.1 Å². The first-order chi connectivity index (χ1) is 13.7. The van der Waals surface area contributed by atoms with Crippen LogP contribution in [0.1, 0.15) is 43.9 Å². The van der Waals surface area contributed by atoms with Crippen molar-refractivity contribution in [3.63, 3.8) is 0 Å². The fourth-order valence-electron chi connectivity index (χ4n) is 3.74. The van der Waals surface area contributed by atoms with Crippen molar-refractivity contribution in [1.29, 1.82) is 0 Å². The Morgan fingerprint density at radius 2 is 2.00 bits per heavy atom. The summed E-state index contributed by atoms with van der Waals surface area (Å²) in [5.74, 6) is 0.918. The minimum Gasteiger partial charge on any atom is -0.357 e. The number of hydrogen-bond acceptors (Lipinski definition) is 3. The van der Waals surface area contributed by atoms with Crippen LogP contribution in [0, 0.1) is 6.92 Å². The summed E-state index contributed by atoms with van der Waals surface area (Å²) in [6.07, 6.45) is 6.22. The van der Waals surface area contributed by atoms with Crippen molar-refractivity contribution in [2.45, 2.75) is 52.2 Å². The number of benzene rings is 1. The quantitative estimate of drug-likeness (QED) is 0.571. The zero-order chi connectivity index (χ0) is 19.8. The Hall–Kier alpha value is -2.34. The minimum absolute atomic E-state index is 0.474. The molecule has 6 heteroatoms. The predicted molar refractivity (Wildman–Crippen MR) is 116 cm³/mol. The lowest BCUT2D eigenvalue weighted by Gasteiger charge is -2.37. The molecule has 2 aromatic rings. The molecule has 0 aliphatic carbocycles. The maximum atomic E-state index is 4.73. The molecule has 1 atom stereocenters. The highest BCUT2D eigenvalue weighted by atomic mass is 15.3. The van der Waals surface area contributed by atoms with Gasteiger partial charge in [0, 0.05) is 37.9 Å². The summed E-state index contributed by atoms with van der Waals surface area (Å²) < 4.78 is 1.95. The Bertz CT molecular complexity index is 730. The van der Waals surface area contributed by atoms with E-state index in [-0.39, 0.29) is 0 Å². The molecule has 152 valence electrons. The van der Waals surface area contributed by atoms with E-state index in [2.05, 4.69) is 77.9 Å². The van der Waals surface area contributed by atoms with E-state index >= 15 is 0 Å². The molecule has 3 rings (SSSR count). The maximum absolute atomic E-state index is 4.73. The summed E-state index contributed by atoms with van der Waals surface area (Å²) in [5, 5.41) is 11.3. The molecule has 28 heavy (non-hydrogen) atoms. The first-order valence-electron chi connectivity index (χ1n) is 10.5. The van der Waals surface area contributed by atoms with Gasteiger partial charge in [0.15, 0.2) is 5.96 Å². The van der Waals surface area contributed by atoms with Gasteiger partial charge in [0.05, 0.1) is 19.3 Å². The molecule has 0 spiro atoms. The molecule has 1 aliphatic heterocycles. The molecule has 0 saturated carbocycles. The first-order valence-corrected chi connectivity index (χ1v) is 10.5. The molecule has 1 fully saturated rings. The van der Waals surface area contributed by atoms with Crippen molar-refractivity contribution in [3.8, 4) is 0 Å². The molecule has 1 aromatic heterocycles. The van der Waals surface area contributed by atoms with Gasteiger partial charge < -0.3 is 10.6 Å². The number of nitrogens with zero attached hydrogens (tertiary/aromatic N) is 4. The average Bonchev–Trinajstić information content (AvgIpc) is 3.14. The van der Waals surface area contributed by atoms with Gasteiger partial charge in [-0.15, -0.1) is 0 Å². The number of piperidine rings is 1. The van der Waals surface area contributed by atoms with E-state index in [4.69, 9.17) is 4.99 Å². The third kappa shape index (κ3) is 5.83. The van der Waals surface area contributed by atoms with Crippen LogP contribution in [0.15, 0.2) is 47.7 Å². The minimum atomic E-state index is 0.474. The van der Waals surface area contributed by atoms with Crippen LogP contribution in [0.3, 0.4) is 0 Å². The second-order valence-corrected chi connectivity index (χ2v) is 7.58. The molecule has 1 saturated heterocycles. The predicted octanol–water partition coefficient (Wildman–Crippen LogP) is 2.97. The summed E-state index contributed by atoms with van der Waals surface area (Å²) in [7, 11) is 0. The summed E-state index contributed by atoms with van der Waals surface area (Å²) in [4.78, 5) is 7.31. The SMILES string of the molecule is CCNC(=NCCn1cc(C)cn1)NC1CCN(C(C)c2ccccc2)CC1. The number of aryl methyl sites for hydroxylation is 1. The van der Waals surface area contributed by atoms with E-state index < -0.39 is 0 Å². The number of guanidine groups is 1. The van der Waals surface area contributed by atoms with Crippen LogP contribution in [0.5, 0.6) is 0 Å². The van der Waals surface area contributed by atoms with Crippen molar-refractivity contribution < 1.29 is 0 Å². The second kappa shape index (κ2) is 10.3. The van der Waals surface area contributed by atoms with E-state index in [1.807, 2.05) is 10.9 Å². The third-order valence-corrected chi connectivity index (χ3v) is 5.41. The van der Waals surface area contributed by atoms with Crippen molar-refractivity contribution >= 4 is 5.96 Å². The van der Waals surface area contributed by atoms with E-state index in [0.29, 0.717) is 12.1 Å². The molecular weight excluding hydrogens is 348 g/mol. The normalized spacial score (nSPS) is 17.5. The van der Waals surface area contributed by atoms with Gasteiger partial charge in [-0.2, -0.15) is 5.10 Å². The molecular formula is C22H34N6. The molecule has 6 nitrogen and oxygen atoms in total. The molecule has 0 bridgehead atoms. The van der Waals surface area contributed by atoms with E-state index in [0.717, 1.165) is 51.5 Å². The lowest BCUT2D eigenvalue weighted by Crippen LogP contribution is -2.49. The zero-order valence-electron chi connectivity index (χ0n) is 17.4. The van der Waals surface area contributed by atoms with Crippen molar-refractivity contribution in [2.75, 3.05) is 26.2 Å². The number of aromatic nitrogens is 2. The Kier molecular flexibility index (Phi) is 7.48. The Balaban J connectivity index is 1.47. The largest absolute Gasteiger partial charge is 0.357 e. The maximum Gasteiger partial charge on any atom is 0.191 e. The average molecular weight is 383 g/mol. The van der Waals surface area contributed by atoms with Crippen LogP contribution in [0.4, 0.5) is 0 Å². The van der Waals surface area contributed by atoms with Crippen molar-refractivity contribution in [2.24, 2.45) is 4.99 Å². The second-order valence-electron chi connectivity index (χ2n) is 7.58. The van der Waals surface area contributed by atoms with Crippen LogP contribution < -0.4 is 10.6 Å². The summed E-state index contributed by atoms with van der Waals surface area (Å²) in [5.41, 5.74) is 2.59. The van der Waals surface area contributed by atoms with Gasteiger partial charge in [0.25, 0.3) is 0 Å². The Morgan fingerprint density at radius 3 is 2.64 bits per heavy atom. The smallest absolute Gasteiger partial charge is 0.191 e. The van der Waals surface area contributed by atoms with Gasteiger partial charge >= 0.3 is 0 Å². The Morgan fingerprint density at radius 1 is 1.25 bits per heavy atom. The van der Waals surface area contributed by atoms with Crippen LogP contribution in [0.2, 0.25) is 0 Å². The standard InChI is InChI=1S/C22H34N6/c1-4-23-22(24-12-15-28-17-18(2)16-25-28)26-21-10-13-27(14-11-21)19(3)20-8-6-5-7-9-20/h5-9,16-17,19,21H,4,10-15H2,1-3H3,(H2,23,24,26). The summed E-state index contributed by atoms with van der Waals surface area (Å²) in [6, 6.07) is 11.7. The van der Waals surface area contributed by atoms with Crippen LogP contribution in [-0.2, 0) is 6.54 Å². The monoisotopic (exact) mass is 382 g/mol. The molecule has 1 unspecified atom stereocenters. The fourth-order valence-corrected chi connectivity index (χ4v) is 3.74.